The predicted octanol–water partition coefficient (Wildman–Crippen LogP) is 3.96. The number of hydrogen-bond donors (Lipinski definition) is 0. The molecule has 1 atom stereocenters. The molecule has 4 rings (SSSR count). The molecule has 28 heavy (non-hydrogen) atoms. The van der Waals surface area contributed by atoms with E-state index >= 15 is 0 Å². The SMILES string of the molecule is CN(c1ccnc(C2CC2)n1)C1CCN(c2ccc(C#N)cc2C(F)(F)F)C1. The molecule has 1 unspecified atom stereocenters. The molecule has 1 saturated carbocycles. The van der Waals surface area contributed by atoms with Crippen LogP contribution in [0, 0.1) is 11.3 Å². The number of rotatable bonds is 4. The minimum atomic E-state index is -4.50. The van der Waals surface area contributed by atoms with Crippen molar-refractivity contribution in [2.45, 2.75) is 37.4 Å². The number of alkyl halides is 3. The Labute approximate surface area is 161 Å². The van der Waals surface area contributed by atoms with Gasteiger partial charge in [-0.3, -0.25) is 0 Å². The molecule has 1 saturated heterocycles. The molecular formula is C20H20F3N5. The zero-order valence-electron chi connectivity index (χ0n) is 15.4. The van der Waals surface area contributed by atoms with Crippen LogP contribution in [0.1, 0.15) is 42.1 Å². The summed E-state index contributed by atoms with van der Waals surface area (Å²) in [5.74, 6) is 2.10. The normalized spacial score (nSPS) is 19.5. The lowest BCUT2D eigenvalue weighted by Gasteiger charge is -2.27. The third-order valence-electron chi connectivity index (χ3n) is 5.45. The van der Waals surface area contributed by atoms with Crippen molar-refractivity contribution in [1.29, 1.82) is 5.26 Å². The first-order valence-corrected chi connectivity index (χ1v) is 9.29. The molecule has 8 heteroatoms. The molecule has 0 amide bonds. The number of hydrogen-bond acceptors (Lipinski definition) is 5. The van der Waals surface area contributed by atoms with E-state index in [1.54, 1.807) is 17.2 Å². The average molecular weight is 387 g/mol. The first kappa shape index (κ1) is 18.5. The third kappa shape index (κ3) is 3.61. The number of nitrogens with zero attached hydrogens (tertiary/aromatic N) is 5. The number of benzene rings is 1. The van der Waals surface area contributed by atoms with Crippen molar-refractivity contribution < 1.29 is 13.2 Å². The molecule has 0 bridgehead atoms. The molecule has 0 spiro atoms. The fourth-order valence-corrected chi connectivity index (χ4v) is 3.67. The molecule has 2 aliphatic rings. The highest BCUT2D eigenvalue weighted by molar-refractivity contribution is 5.59. The number of likely N-dealkylation sites (N-methyl/N-ethyl adjacent to an activating group) is 1. The molecule has 1 aromatic carbocycles. The molecule has 146 valence electrons. The van der Waals surface area contributed by atoms with E-state index in [2.05, 4.69) is 9.97 Å². The van der Waals surface area contributed by atoms with Crippen molar-refractivity contribution in [1.82, 2.24) is 9.97 Å². The maximum Gasteiger partial charge on any atom is 0.418 e. The van der Waals surface area contributed by atoms with Gasteiger partial charge in [-0.25, -0.2) is 9.97 Å². The van der Waals surface area contributed by atoms with Gasteiger partial charge in [-0.1, -0.05) is 0 Å². The van der Waals surface area contributed by atoms with Crippen LogP contribution < -0.4 is 9.80 Å². The lowest BCUT2D eigenvalue weighted by molar-refractivity contribution is -0.137. The summed E-state index contributed by atoms with van der Waals surface area (Å²) in [4.78, 5) is 12.7. The Hall–Kier alpha value is -2.82. The van der Waals surface area contributed by atoms with Crippen molar-refractivity contribution >= 4 is 11.5 Å². The van der Waals surface area contributed by atoms with E-state index in [-0.39, 0.29) is 17.3 Å². The van der Waals surface area contributed by atoms with Crippen LogP contribution in [-0.4, -0.2) is 36.1 Å². The van der Waals surface area contributed by atoms with Gasteiger partial charge in [0.2, 0.25) is 0 Å². The van der Waals surface area contributed by atoms with Gasteiger partial charge in [0.25, 0.3) is 0 Å². The molecule has 0 radical (unpaired) electrons. The summed E-state index contributed by atoms with van der Waals surface area (Å²) in [6, 6.07) is 7.45. The summed E-state index contributed by atoms with van der Waals surface area (Å²) in [5, 5.41) is 8.94. The molecule has 1 aromatic heterocycles. The second kappa shape index (κ2) is 6.97. The van der Waals surface area contributed by atoms with Crippen LogP contribution in [0.5, 0.6) is 0 Å². The summed E-state index contributed by atoms with van der Waals surface area (Å²) in [6.07, 6.45) is 0.211. The van der Waals surface area contributed by atoms with Crippen LogP contribution in [0.3, 0.4) is 0 Å². The van der Waals surface area contributed by atoms with Crippen LogP contribution >= 0.6 is 0 Å². The maximum atomic E-state index is 13.5. The largest absolute Gasteiger partial charge is 0.418 e. The number of aromatic nitrogens is 2. The standard InChI is InChI=1S/C20H20F3N5/c1-27(18-6-8-25-19(26-18)14-3-4-14)15-7-9-28(12-15)17-5-2-13(11-24)10-16(17)20(21,22)23/h2,5-6,8,10,14-15H,3-4,7,9,12H2,1H3. The van der Waals surface area contributed by atoms with Crippen LogP contribution in [0.2, 0.25) is 0 Å². The average Bonchev–Trinajstić information content (AvgIpc) is 3.43. The first-order valence-electron chi connectivity index (χ1n) is 9.29. The highest BCUT2D eigenvalue weighted by Crippen LogP contribution is 2.40. The van der Waals surface area contributed by atoms with Gasteiger partial charge in [-0.05, 0) is 43.5 Å². The second-order valence-electron chi connectivity index (χ2n) is 7.39. The molecule has 5 nitrogen and oxygen atoms in total. The van der Waals surface area contributed by atoms with Gasteiger partial charge in [0.15, 0.2) is 0 Å². The monoisotopic (exact) mass is 387 g/mol. The highest BCUT2D eigenvalue weighted by Gasteiger charge is 2.37. The van der Waals surface area contributed by atoms with Crippen LogP contribution in [-0.2, 0) is 6.18 Å². The summed E-state index contributed by atoms with van der Waals surface area (Å²) in [5.41, 5.74) is -0.616. The zero-order valence-corrected chi connectivity index (χ0v) is 15.4. The molecule has 2 fully saturated rings. The highest BCUT2D eigenvalue weighted by atomic mass is 19.4. The van der Waals surface area contributed by atoms with Crippen molar-refractivity contribution in [3.8, 4) is 6.07 Å². The summed E-state index contributed by atoms with van der Waals surface area (Å²) in [6.45, 7) is 0.985. The number of anilines is 2. The maximum absolute atomic E-state index is 13.5. The molecule has 1 aliphatic heterocycles. The van der Waals surface area contributed by atoms with E-state index in [9.17, 15) is 13.2 Å². The zero-order chi connectivity index (χ0) is 19.9. The van der Waals surface area contributed by atoms with Gasteiger partial charge in [-0.2, -0.15) is 18.4 Å². The van der Waals surface area contributed by atoms with Crippen LogP contribution in [0.4, 0.5) is 24.7 Å². The van der Waals surface area contributed by atoms with Gasteiger partial charge in [-0.15, -0.1) is 0 Å². The van der Waals surface area contributed by atoms with Gasteiger partial charge in [0.1, 0.15) is 11.6 Å². The molecular weight excluding hydrogens is 367 g/mol. The summed E-state index contributed by atoms with van der Waals surface area (Å²) in [7, 11) is 1.93. The molecule has 2 heterocycles. The van der Waals surface area contributed by atoms with E-state index < -0.39 is 11.7 Å². The van der Waals surface area contributed by atoms with Crippen molar-refractivity contribution in [3.05, 3.63) is 47.4 Å². The summed E-state index contributed by atoms with van der Waals surface area (Å²) < 4.78 is 40.5. The van der Waals surface area contributed by atoms with E-state index in [4.69, 9.17) is 5.26 Å². The lowest BCUT2D eigenvalue weighted by atomic mass is 10.1. The molecule has 1 aliphatic carbocycles. The van der Waals surface area contributed by atoms with E-state index in [0.29, 0.717) is 19.0 Å². The van der Waals surface area contributed by atoms with Crippen molar-refractivity contribution in [2.75, 3.05) is 29.9 Å². The Kier molecular flexibility index (Phi) is 4.61. The minimum Gasteiger partial charge on any atom is -0.369 e. The minimum absolute atomic E-state index is 0.0116. The van der Waals surface area contributed by atoms with Gasteiger partial charge in [0, 0.05) is 44.0 Å². The fourth-order valence-electron chi connectivity index (χ4n) is 3.67. The molecule has 2 aromatic rings. The van der Waals surface area contributed by atoms with Crippen LogP contribution in [0.25, 0.3) is 0 Å². The number of halogens is 3. The van der Waals surface area contributed by atoms with E-state index in [1.807, 2.05) is 18.0 Å². The van der Waals surface area contributed by atoms with Gasteiger partial charge >= 0.3 is 6.18 Å². The second-order valence-corrected chi connectivity index (χ2v) is 7.39. The smallest absolute Gasteiger partial charge is 0.369 e. The lowest BCUT2D eigenvalue weighted by Crippen LogP contribution is -2.35. The molecule has 0 N–H and O–H groups in total. The third-order valence-corrected chi connectivity index (χ3v) is 5.45. The Morgan fingerprint density at radius 3 is 2.68 bits per heavy atom. The Morgan fingerprint density at radius 1 is 1.21 bits per heavy atom. The van der Waals surface area contributed by atoms with Gasteiger partial charge < -0.3 is 9.80 Å². The summed E-state index contributed by atoms with van der Waals surface area (Å²) >= 11 is 0. The Morgan fingerprint density at radius 2 is 2.00 bits per heavy atom. The Balaban J connectivity index is 1.54. The Bertz CT molecular complexity index is 917. The first-order chi connectivity index (χ1) is 13.4. The van der Waals surface area contributed by atoms with E-state index in [0.717, 1.165) is 37.0 Å². The predicted molar refractivity (Wildman–Crippen MR) is 99.2 cm³/mol. The van der Waals surface area contributed by atoms with E-state index in [1.165, 1.54) is 12.1 Å². The van der Waals surface area contributed by atoms with Crippen molar-refractivity contribution in [3.63, 3.8) is 0 Å². The van der Waals surface area contributed by atoms with Gasteiger partial charge in [0.05, 0.1) is 17.2 Å². The van der Waals surface area contributed by atoms with Crippen LogP contribution in [0.15, 0.2) is 30.5 Å². The number of nitriles is 1. The van der Waals surface area contributed by atoms with Crippen molar-refractivity contribution in [2.24, 2.45) is 0 Å². The quantitative estimate of drug-likeness (QED) is 0.795. The fraction of sp³-hybridized carbons (Fsp3) is 0.450. The topological polar surface area (TPSA) is 56.1 Å².